The van der Waals surface area contributed by atoms with E-state index in [1.165, 1.54) is 18.2 Å². The third-order valence-electron chi connectivity index (χ3n) is 3.04. The third kappa shape index (κ3) is 5.55. The van der Waals surface area contributed by atoms with E-state index in [9.17, 15) is 13.2 Å². The van der Waals surface area contributed by atoms with Crippen LogP contribution >= 0.6 is 0 Å². The van der Waals surface area contributed by atoms with Crippen LogP contribution in [0.15, 0.2) is 60.0 Å². The molecule has 0 heterocycles. The van der Waals surface area contributed by atoms with E-state index in [0.29, 0.717) is 12.4 Å². The molecule has 0 radical (unpaired) electrons. The first-order valence-electron chi connectivity index (χ1n) is 7.53. The van der Waals surface area contributed by atoms with Gasteiger partial charge in [-0.3, -0.25) is 4.79 Å². The predicted molar refractivity (Wildman–Crippen MR) is 94.1 cm³/mol. The maximum atomic E-state index is 12.1. The summed E-state index contributed by atoms with van der Waals surface area (Å²) >= 11 is 0. The molecule has 0 saturated heterocycles. The molecule has 1 N–H and O–H groups in total. The topological polar surface area (TPSA) is 72.5 Å². The Kier molecular flexibility index (Phi) is 6.14. The molecule has 2 aromatic rings. The Bertz CT molecular complexity index is 814. The van der Waals surface area contributed by atoms with Crippen LogP contribution in [-0.2, 0) is 10.0 Å². The van der Waals surface area contributed by atoms with E-state index in [1.54, 1.807) is 36.4 Å². The van der Waals surface area contributed by atoms with E-state index < -0.39 is 15.9 Å². The van der Waals surface area contributed by atoms with E-state index in [0.717, 1.165) is 17.4 Å². The first-order chi connectivity index (χ1) is 11.5. The van der Waals surface area contributed by atoms with Crippen molar-refractivity contribution in [1.82, 2.24) is 4.72 Å². The van der Waals surface area contributed by atoms with Crippen molar-refractivity contribution in [2.45, 2.75) is 13.3 Å². The maximum Gasteiger partial charge on any atom is 0.265 e. The fraction of sp³-hybridized carbons (Fsp3) is 0.167. The Hall–Kier alpha value is -2.60. The van der Waals surface area contributed by atoms with Gasteiger partial charge in [0, 0.05) is 5.56 Å². The molecule has 0 bridgehead atoms. The van der Waals surface area contributed by atoms with Gasteiger partial charge in [0.15, 0.2) is 0 Å². The molecular formula is C18H19NO4S. The van der Waals surface area contributed by atoms with E-state index in [2.05, 4.69) is 0 Å². The van der Waals surface area contributed by atoms with Crippen LogP contribution in [0.3, 0.4) is 0 Å². The Balaban J connectivity index is 2.06. The highest BCUT2D eigenvalue weighted by molar-refractivity contribution is 7.93. The maximum absolute atomic E-state index is 12.1. The molecule has 24 heavy (non-hydrogen) atoms. The lowest BCUT2D eigenvalue weighted by Crippen LogP contribution is -2.28. The summed E-state index contributed by atoms with van der Waals surface area (Å²) in [6.07, 6.45) is 2.27. The number of ether oxygens (including phenoxy) is 1. The molecule has 6 heteroatoms. The molecule has 126 valence electrons. The van der Waals surface area contributed by atoms with Crippen LogP contribution in [0, 0.1) is 0 Å². The zero-order valence-corrected chi connectivity index (χ0v) is 14.1. The minimum atomic E-state index is -3.88. The second-order valence-electron chi connectivity index (χ2n) is 5.07. The summed E-state index contributed by atoms with van der Waals surface area (Å²) in [6, 6.07) is 15.4. The van der Waals surface area contributed by atoms with E-state index >= 15 is 0 Å². The van der Waals surface area contributed by atoms with Gasteiger partial charge in [-0.2, -0.15) is 0 Å². The first kappa shape index (κ1) is 17.7. The number of sulfonamides is 1. The minimum Gasteiger partial charge on any atom is -0.494 e. The van der Waals surface area contributed by atoms with Gasteiger partial charge < -0.3 is 4.74 Å². The van der Waals surface area contributed by atoms with Crippen LogP contribution in [0.2, 0.25) is 0 Å². The van der Waals surface area contributed by atoms with Crippen LogP contribution in [0.25, 0.3) is 6.08 Å². The first-order valence-corrected chi connectivity index (χ1v) is 9.08. The predicted octanol–water partition coefficient (Wildman–Crippen LogP) is 3.21. The fourth-order valence-electron chi connectivity index (χ4n) is 1.90. The molecule has 0 spiro atoms. The van der Waals surface area contributed by atoms with Crippen LogP contribution in [0.5, 0.6) is 5.75 Å². The molecule has 0 aromatic heterocycles. The zero-order valence-electron chi connectivity index (χ0n) is 13.3. The number of rotatable bonds is 7. The molecule has 0 aliphatic carbocycles. The number of hydrogen-bond acceptors (Lipinski definition) is 4. The highest BCUT2D eigenvalue weighted by Crippen LogP contribution is 2.14. The summed E-state index contributed by atoms with van der Waals surface area (Å²) in [6.45, 7) is 2.51. The van der Waals surface area contributed by atoms with Crippen molar-refractivity contribution in [2.75, 3.05) is 6.61 Å². The Labute approximate surface area is 142 Å². The Morgan fingerprint density at radius 3 is 2.58 bits per heavy atom. The number of nitrogens with one attached hydrogen (secondary N) is 1. The van der Waals surface area contributed by atoms with E-state index in [4.69, 9.17) is 4.74 Å². The van der Waals surface area contributed by atoms with Crippen molar-refractivity contribution < 1.29 is 17.9 Å². The van der Waals surface area contributed by atoms with Crippen LogP contribution in [0.1, 0.15) is 29.3 Å². The third-order valence-corrected chi connectivity index (χ3v) is 4.01. The summed E-state index contributed by atoms with van der Waals surface area (Å²) in [5.41, 5.74) is 0.950. The van der Waals surface area contributed by atoms with Gasteiger partial charge in [-0.15, -0.1) is 0 Å². The van der Waals surface area contributed by atoms with Gasteiger partial charge in [-0.25, -0.2) is 13.1 Å². The zero-order chi connectivity index (χ0) is 17.4. The van der Waals surface area contributed by atoms with Crippen molar-refractivity contribution in [3.63, 3.8) is 0 Å². The molecule has 1 amide bonds. The molecule has 0 aliphatic rings. The highest BCUT2D eigenvalue weighted by Gasteiger charge is 2.13. The molecule has 0 saturated carbocycles. The van der Waals surface area contributed by atoms with Gasteiger partial charge in [0.1, 0.15) is 5.75 Å². The SMILES string of the molecule is CCCOc1cccc(C(=O)NS(=O)(=O)/C=C/c2ccccc2)c1. The van der Waals surface area contributed by atoms with E-state index in [1.807, 2.05) is 17.7 Å². The van der Waals surface area contributed by atoms with Crippen LogP contribution in [0.4, 0.5) is 0 Å². The molecule has 2 aromatic carbocycles. The molecule has 0 fully saturated rings. The smallest absolute Gasteiger partial charge is 0.265 e. The second kappa shape index (κ2) is 8.31. The summed E-state index contributed by atoms with van der Waals surface area (Å²) in [4.78, 5) is 12.1. The molecule has 2 rings (SSSR count). The lowest BCUT2D eigenvalue weighted by atomic mass is 10.2. The van der Waals surface area contributed by atoms with Crippen molar-refractivity contribution in [2.24, 2.45) is 0 Å². The lowest BCUT2D eigenvalue weighted by molar-refractivity contribution is 0.0981. The highest BCUT2D eigenvalue weighted by atomic mass is 32.2. The summed E-state index contributed by atoms with van der Waals surface area (Å²) in [5.74, 6) is -0.170. The lowest BCUT2D eigenvalue weighted by Gasteiger charge is -2.07. The number of carbonyl (C=O) groups excluding carboxylic acids is 1. The van der Waals surface area contributed by atoms with Crippen LogP contribution in [-0.4, -0.2) is 20.9 Å². The Morgan fingerprint density at radius 2 is 1.88 bits per heavy atom. The van der Waals surface area contributed by atoms with Gasteiger partial charge in [0.2, 0.25) is 0 Å². The van der Waals surface area contributed by atoms with Crippen molar-refractivity contribution in [3.8, 4) is 5.75 Å². The van der Waals surface area contributed by atoms with Crippen molar-refractivity contribution in [1.29, 1.82) is 0 Å². The standard InChI is InChI=1S/C18H19NO4S/c1-2-12-23-17-10-6-9-16(14-17)18(20)19-24(21,22)13-11-15-7-4-3-5-8-15/h3-11,13-14H,2,12H2,1H3,(H,19,20)/b13-11+. The molecule has 0 aliphatic heterocycles. The van der Waals surface area contributed by atoms with Gasteiger partial charge in [0.25, 0.3) is 15.9 Å². The van der Waals surface area contributed by atoms with Gasteiger partial charge in [-0.1, -0.05) is 43.3 Å². The average molecular weight is 345 g/mol. The number of amides is 1. The molecule has 5 nitrogen and oxygen atoms in total. The number of carbonyl (C=O) groups is 1. The summed E-state index contributed by atoms with van der Waals surface area (Å²) in [5, 5.41) is 0.970. The number of benzene rings is 2. The fourth-order valence-corrected chi connectivity index (χ4v) is 2.68. The van der Waals surface area contributed by atoms with Gasteiger partial charge >= 0.3 is 0 Å². The van der Waals surface area contributed by atoms with Crippen LogP contribution < -0.4 is 9.46 Å². The normalized spacial score (nSPS) is 11.4. The molecule has 0 atom stereocenters. The van der Waals surface area contributed by atoms with Gasteiger partial charge in [0.05, 0.1) is 12.0 Å². The Morgan fingerprint density at radius 1 is 1.12 bits per heavy atom. The quantitative estimate of drug-likeness (QED) is 0.836. The largest absolute Gasteiger partial charge is 0.494 e. The molecule has 0 unspecified atom stereocenters. The minimum absolute atomic E-state index is 0.222. The van der Waals surface area contributed by atoms with Crippen molar-refractivity contribution >= 4 is 22.0 Å². The summed E-state index contributed by atoms with van der Waals surface area (Å²) in [7, 11) is -3.88. The van der Waals surface area contributed by atoms with Gasteiger partial charge in [-0.05, 0) is 36.3 Å². The molecular weight excluding hydrogens is 326 g/mol. The summed E-state index contributed by atoms with van der Waals surface area (Å²) < 4.78 is 31.4. The average Bonchev–Trinajstić information content (AvgIpc) is 2.59. The monoisotopic (exact) mass is 345 g/mol. The number of hydrogen-bond donors (Lipinski definition) is 1. The van der Waals surface area contributed by atoms with Crippen molar-refractivity contribution in [3.05, 3.63) is 71.1 Å². The van der Waals surface area contributed by atoms with E-state index in [-0.39, 0.29) is 5.56 Å². The second-order valence-corrected chi connectivity index (χ2v) is 6.63.